The summed E-state index contributed by atoms with van der Waals surface area (Å²) in [5, 5.41) is 3.50. The molecule has 0 saturated carbocycles. The normalized spacial score (nSPS) is 15.5. The van der Waals surface area contributed by atoms with Crippen LogP contribution in [0.1, 0.15) is 41.1 Å². The fourth-order valence-corrected chi connectivity index (χ4v) is 3.98. The average Bonchev–Trinajstić information content (AvgIpc) is 2.56. The van der Waals surface area contributed by atoms with Gasteiger partial charge in [0.1, 0.15) is 0 Å². The van der Waals surface area contributed by atoms with Crippen molar-refractivity contribution in [2.24, 2.45) is 0 Å². The van der Waals surface area contributed by atoms with Crippen molar-refractivity contribution in [1.29, 1.82) is 0 Å². The Labute approximate surface area is 132 Å². The van der Waals surface area contributed by atoms with Gasteiger partial charge < -0.3 is 5.32 Å². The first kappa shape index (κ1) is 14.7. The van der Waals surface area contributed by atoms with Crippen LogP contribution in [0.5, 0.6) is 0 Å². The maximum Gasteiger partial charge on any atom is 0.0585 e. The number of nitrogens with one attached hydrogen (secondary N) is 1. The number of benzene rings is 2. The van der Waals surface area contributed by atoms with Gasteiger partial charge in [-0.05, 0) is 67.3 Å². The first-order chi connectivity index (χ1) is 10.3. The SMILES string of the molecule is CNC(c1ccc2c(c1)CCCC2)c1ccccc1SC. The van der Waals surface area contributed by atoms with Gasteiger partial charge in [0.25, 0.3) is 0 Å². The highest BCUT2D eigenvalue weighted by atomic mass is 32.2. The van der Waals surface area contributed by atoms with Gasteiger partial charge in [0.2, 0.25) is 0 Å². The molecule has 0 aliphatic heterocycles. The molecule has 1 aliphatic carbocycles. The Balaban J connectivity index is 2.00. The zero-order valence-electron chi connectivity index (χ0n) is 12.9. The maximum atomic E-state index is 3.50. The summed E-state index contributed by atoms with van der Waals surface area (Å²) < 4.78 is 0. The van der Waals surface area contributed by atoms with Crippen molar-refractivity contribution in [3.8, 4) is 0 Å². The third kappa shape index (κ3) is 3.02. The van der Waals surface area contributed by atoms with Crippen molar-refractivity contribution in [2.75, 3.05) is 13.3 Å². The highest BCUT2D eigenvalue weighted by Crippen LogP contribution is 2.32. The second-order valence-electron chi connectivity index (χ2n) is 5.70. The molecule has 0 radical (unpaired) electrons. The molecule has 2 aromatic rings. The minimum Gasteiger partial charge on any atom is -0.309 e. The van der Waals surface area contributed by atoms with Crippen LogP contribution in [-0.2, 0) is 12.8 Å². The molecule has 3 rings (SSSR count). The maximum absolute atomic E-state index is 3.50. The third-order valence-electron chi connectivity index (χ3n) is 4.44. The van der Waals surface area contributed by atoms with Crippen molar-refractivity contribution >= 4 is 11.8 Å². The van der Waals surface area contributed by atoms with Gasteiger partial charge >= 0.3 is 0 Å². The van der Waals surface area contributed by atoms with Crippen LogP contribution in [0.25, 0.3) is 0 Å². The summed E-state index contributed by atoms with van der Waals surface area (Å²) in [6.45, 7) is 0. The molecule has 1 atom stereocenters. The number of aryl methyl sites for hydroxylation is 2. The van der Waals surface area contributed by atoms with Crippen LogP contribution in [0.15, 0.2) is 47.4 Å². The molecule has 1 N–H and O–H groups in total. The van der Waals surface area contributed by atoms with E-state index in [-0.39, 0.29) is 6.04 Å². The van der Waals surface area contributed by atoms with Crippen molar-refractivity contribution in [2.45, 2.75) is 36.6 Å². The lowest BCUT2D eigenvalue weighted by Gasteiger charge is -2.23. The van der Waals surface area contributed by atoms with Gasteiger partial charge in [-0.3, -0.25) is 0 Å². The minimum absolute atomic E-state index is 0.279. The molecule has 1 unspecified atom stereocenters. The Morgan fingerprint density at radius 3 is 2.52 bits per heavy atom. The molecule has 0 saturated heterocycles. The van der Waals surface area contributed by atoms with Crippen LogP contribution in [-0.4, -0.2) is 13.3 Å². The van der Waals surface area contributed by atoms with Crippen LogP contribution < -0.4 is 5.32 Å². The Kier molecular flexibility index (Phi) is 4.67. The van der Waals surface area contributed by atoms with Gasteiger partial charge in [-0.1, -0.05) is 36.4 Å². The van der Waals surface area contributed by atoms with Gasteiger partial charge in [0, 0.05) is 4.90 Å². The number of fused-ring (bicyclic) bond motifs is 1. The molecule has 2 aromatic carbocycles. The predicted molar refractivity (Wildman–Crippen MR) is 92.2 cm³/mol. The lowest BCUT2D eigenvalue weighted by molar-refractivity contribution is 0.662. The van der Waals surface area contributed by atoms with E-state index >= 15 is 0 Å². The monoisotopic (exact) mass is 297 g/mol. The molecule has 0 bridgehead atoms. The summed E-state index contributed by atoms with van der Waals surface area (Å²) in [6, 6.07) is 16.1. The number of hydrogen-bond donors (Lipinski definition) is 1. The van der Waals surface area contributed by atoms with Crippen molar-refractivity contribution in [3.05, 3.63) is 64.7 Å². The van der Waals surface area contributed by atoms with E-state index in [1.165, 1.54) is 41.7 Å². The Bertz CT molecular complexity index is 621. The topological polar surface area (TPSA) is 12.0 Å². The summed E-state index contributed by atoms with van der Waals surface area (Å²) in [6.07, 6.45) is 7.32. The molecule has 2 heteroatoms. The fraction of sp³-hybridized carbons (Fsp3) is 0.368. The molecule has 21 heavy (non-hydrogen) atoms. The van der Waals surface area contributed by atoms with E-state index in [0.29, 0.717) is 0 Å². The molecule has 0 aromatic heterocycles. The molecule has 1 aliphatic rings. The van der Waals surface area contributed by atoms with E-state index in [2.05, 4.69) is 61.1 Å². The summed E-state index contributed by atoms with van der Waals surface area (Å²) in [7, 11) is 2.06. The fourth-order valence-electron chi connectivity index (χ4n) is 3.34. The van der Waals surface area contributed by atoms with Gasteiger partial charge in [-0.2, -0.15) is 0 Å². The highest BCUT2D eigenvalue weighted by molar-refractivity contribution is 7.98. The van der Waals surface area contributed by atoms with E-state index < -0.39 is 0 Å². The average molecular weight is 297 g/mol. The standard InChI is InChI=1S/C19H23NS/c1-20-19(17-9-5-6-10-18(17)21-2)16-12-11-14-7-3-4-8-15(14)13-16/h5-6,9-13,19-20H,3-4,7-8H2,1-2H3. The molecular formula is C19H23NS. The first-order valence-corrected chi connectivity index (χ1v) is 8.98. The Morgan fingerprint density at radius 1 is 1.00 bits per heavy atom. The number of rotatable bonds is 4. The summed E-state index contributed by atoms with van der Waals surface area (Å²) >= 11 is 1.82. The first-order valence-electron chi connectivity index (χ1n) is 7.75. The molecular weight excluding hydrogens is 274 g/mol. The lowest BCUT2D eigenvalue weighted by atomic mass is 9.88. The van der Waals surface area contributed by atoms with Crippen LogP contribution >= 0.6 is 11.8 Å². The van der Waals surface area contributed by atoms with Crippen molar-refractivity contribution < 1.29 is 0 Å². The number of thioether (sulfide) groups is 1. The second-order valence-corrected chi connectivity index (χ2v) is 6.55. The Morgan fingerprint density at radius 2 is 1.76 bits per heavy atom. The summed E-state index contributed by atoms with van der Waals surface area (Å²) in [5.41, 5.74) is 5.88. The molecule has 110 valence electrons. The van der Waals surface area contributed by atoms with E-state index in [9.17, 15) is 0 Å². The van der Waals surface area contributed by atoms with Gasteiger partial charge in [0.05, 0.1) is 6.04 Å². The number of hydrogen-bond acceptors (Lipinski definition) is 2. The van der Waals surface area contributed by atoms with E-state index in [4.69, 9.17) is 0 Å². The second kappa shape index (κ2) is 6.67. The molecule has 0 spiro atoms. The molecule has 0 heterocycles. The van der Waals surface area contributed by atoms with Crippen LogP contribution in [0.2, 0.25) is 0 Å². The minimum atomic E-state index is 0.279. The summed E-state index contributed by atoms with van der Waals surface area (Å²) in [5.74, 6) is 0. The van der Waals surface area contributed by atoms with Crippen molar-refractivity contribution in [3.63, 3.8) is 0 Å². The van der Waals surface area contributed by atoms with Crippen LogP contribution in [0, 0.1) is 0 Å². The smallest absolute Gasteiger partial charge is 0.0585 e. The largest absolute Gasteiger partial charge is 0.309 e. The van der Waals surface area contributed by atoms with Gasteiger partial charge in [0.15, 0.2) is 0 Å². The van der Waals surface area contributed by atoms with Gasteiger partial charge in [-0.15, -0.1) is 11.8 Å². The molecule has 0 amide bonds. The molecule has 0 fully saturated rings. The van der Waals surface area contributed by atoms with Gasteiger partial charge in [-0.25, -0.2) is 0 Å². The van der Waals surface area contributed by atoms with Crippen molar-refractivity contribution in [1.82, 2.24) is 5.32 Å². The highest BCUT2D eigenvalue weighted by Gasteiger charge is 2.17. The molecule has 1 nitrogen and oxygen atoms in total. The summed E-state index contributed by atoms with van der Waals surface area (Å²) in [4.78, 5) is 1.36. The quantitative estimate of drug-likeness (QED) is 0.828. The van der Waals surface area contributed by atoms with E-state index in [1.54, 1.807) is 11.1 Å². The zero-order chi connectivity index (χ0) is 14.7. The Hall–Kier alpha value is -1.25. The van der Waals surface area contributed by atoms with Crippen LogP contribution in [0.4, 0.5) is 0 Å². The van der Waals surface area contributed by atoms with E-state index in [0.717, 1.165) is 0 Å². The third-order valence-corrected chi connectivity index (χ3v) is 5.26. The van der Waals surface area contributed by atoms with E-state index in [1.807, 2.05) is 11.8 Å². The lowest BCUT2D eigenvalue weighted by Crippen LogP contribution is -2.19. The predicted octanol–water partition coefficient (Wildman–Crippen LogP) is 4.60. The zero-order valence-corrected chi connectivity index (χ0v) is 13.7. The van der Waals surface area contributed by atoms with Crippen LogP contribution in [0.3, 0.4) is 0 Å².